The predicted molar refractivity (Wildman–Crippen MR) is 95.2 cm³/mol. The molecule has 1 aliphatic rings. The molecular formula is C15H24ClN3O4S. The minimum Gasteiger partial charge on any atom is -0.317 e. The van der Waals surface area contributed by atoms with E-state index in [-0.39, 0.29) is 29.0 Å². The lowest BCUT2D eigenvalue weighted by molar-refractivity contribution is -0.385. The SMILES string of the molecule is CCCN(C1CCNCC1)S(=O)(=O)c1ccc([N+](=O)[O-])c(C)c1.Cl. The number of hydrogen-bond donors (Lipinski definition) is 1. The Morgan fingerprint density at radius 3 is 2.46 bits per heavy atom. The maximum Gasteiger partial charge on any atom is 0.272 e. The van der Waals surface area contributed by atoms with Crippen LogP contribution in [0.25, 0.3) is 0 Å². The Bertz CT molecular complexity index is 675. The van der Waals surface area contributed by atoms with Crippen molar-refractivity contribution in [3.8, 4) is 0 Å². The molecule has 24 heavy (non-hydrogen) atoms. The van der Waals surface area contributed by atoms with Crippen LogP contribution >= 0.6 is 12.4 Å². The molecule has 2 rings (SSSR count). The number of aryl methyl sites for hydroxylation is 1. The fourth-order valence-electron chi connectivity index (χ4n) is 2.94. The minimum atomic E-state index is -3.64. The van der Waals surface area contributed by atoms with E-state index in [1.165, 1.54) is 18.2 Å². The predicted octanol–water partition coefficient (Wildman–Crippen LogP) is 2.48. The summed E-state index contributed by atoms with van der Waals surface area (Å²) in [4.78, 5) is 10.5. The first-order chi connectivity index (χ1) is 10.9. The van der Waals surface area contributed by atoms with E-state index in [0.29, 0.717) is 12.1 Å². The molecule has 0 aromatic heterocycles. The summed E-state index contributed by atoms with van der Waals surface area (Å²) in [6.45, 7) is 5.58. The molecule has 0 atom stereocenters. The molecule has 0 amide bonds. The van der Waals surface area contributed by atoms with Gasteiger partial charge in [-0.05, 0) is 51.4 Å². The summed E-state index contributed by atoms with van der Waals surface area (Å²) in [5.41, 5.74) is 0.297. The van der Waals surface area contributed by atoms with E-state index in [1.807, 2.05) is 6.92 Å². The molecule has 1 aliphatic heterocycles. The van der Waals surface area contributed by atoms with Crippen LogP contribution < -0.4 is 5.32 Å². The van der Waals surface area contributed by atoms with Gasteiger partial charge in [-0.2, -0.15) is 4.31 Å². The molecule has 136 valence electrons. The summed E-state index contributed by atoms with van der Waals surface area (Å²) >= 11 is 0. The van der Waals surface area contributed by atoms with Crippen LogP contribution in [-0.4, -0.2) is 43.3 Å². The average Bonchev–Trinajstić information content (AvgIpc) is 2.52. The molecule has 1 heterocycles. The molecule has 1 saturated heterocycles. The van der Waals surface area contributed by atoms with Gasteiger partial charge in [0.2, 0.25) is 10.0 Å². The van der Waals surface area contributed by atoms with Crippen LogP contribution in [0.2, 0.25) is 0 Å². The summed E-state index contributed by atoms with van der Waals surface area (Å²) in [5, 5.41) is 14.1. The molecule has 1 N–H and O–H groups in total. The first-order valence-electron chi connectivity index (χ1n) is 7.85. The van der Waals surface area contributed by atoms with Gasteiger partial charge < -0.3 is 5.32 Å². The Morgan fingerprint density at radius 1 is 1.33 bits per heavy atom. The van der Waals surface area contributed by atoms with Gasteiger partial charge in [0.15, 0.2) is 0 Å². The number of rotatable bonds is 6. The molecule has 0 spiro atoms. The molecule has 0 aliphatic carbocycles. The second-order valence-electron chi connectivity index (χ2n) is 5.80. The van der Waals surface area contributed by atoms with E-state index in [2.05, 4.69) is 5.32 Å². The monoisotopic (exact) mass is 377 g/mol. The van der Waals surface area contributed by atoms with E-state index in [0.717, 1.165) is 32.4 Å². The van der Waals surface area contributed by atoms with Crippen LogP contribution in [0.3, 0.4) is 0 Å². The fourth-order valence-corrected chi connectivity index (χ4v) is 4.81. The number of piperidine rings is 1. The highest BCUT2D eigenvalue weighted by Gasteiger charge is 2.32. The largest absolute Gasteiger partial charge is 0.317 e. The van der Waals surface area contributed by atoms with E-state index >= 15 is 0 Å². The van der Waals surface area contributed by atoms with E-state index < -0.39 is 14.9 Å². The Labute approximate surface area is 149 Å². The number of halogens is 1. The van der Waals surface area contributed by atoms with Crippen LogP contribution in [0.4, 0.5) is 5.69 Å². The first-order valence-corrected chi connectivity index (χ1v) is 9.29. The number of nitro groups is 1. The van der Waals surface area contributed by atoms with Gasteiger partial charge >= 0.3 is 0 Å². The summed E-state index contributed by atoms with van der Waals surface area (Å²) in [6.07, 6.45) is 2.30. The van der Waals surface area contributed by atoms with Crippen LogP contribution in [0.15, 0.2) is 23.1 Å². The number of nitro benzene ring substituents is 1. The Morgan fingerprint density at radius 2 is 1.96 bits per heavy atom. The maximum absolute atomic E-state index is 13.0. The van der Waals surface area contributed by atoms with Gasteiger partial charge in [-0.3, -0.25) is 10.1 Å². The zero-order chi connectivity index (χ0) is 17.0. The summed E-state index contributed by atoms with van der Waals surface area (Å²) in [7, 11) is -3.64. The van der Waals surface area contributed by atoms with Crippen LogP contribution in [0, 0.1) is 17.0 Å². The van der Waals surface area contributed by atoms with Crippen molar-refractivity contribution in [1.82, 2.24) is 9.62 Å². The van der Waals surface area contributed by atoms with Gasteiger partial charge in [-0.25, -0.2) is 8.42 Å². The standard InChI is InChI=1S/C15H23N3O4S.ClH/c1-3-10-17(13-6-8-16-9-7-13)23(21,22)14-4-5-15(18(19)20)12(2)11-14;/h4-5,11,13,16H,3,6-10H2,1-2H3;1H. The van der Waals surface area contributed by atoms with Gasteiger partial charge in [-0.1, -0.05) is 6.92 Å². The van der Waals surface area contributed by atoms with Crippen LogP contribution in [-0.2, 0) is 10.0 Å². The van der Waals surface area contributed by atoms with Crippen molar-refractivity contribution >= 4 is 28.1 Å². The number of benzene rings is 1. The van der Waals surface area contributed by atoms with Crippen LogP contribution in [0.1, 0.15) is 31.7 Å². The molecule has 0 bridgehead atoms. The number of nitrogens with one attached hydrogen (secondary N) is 1. The van der Waals surface area contributed by atoms with Crippen molar-refractivity contribution in [3.63, 3.8) is 0 Å². The fraction of sp³-hybridized carbons (Fsp3) is 0.600. The number of hydrogen-bond acceptors (Lipinski definition) is 5. The molecule has 0 radical (unpaired) electrons. The Balaban J connectivity index is 0.00000288. The highest BCUT2D eigenvalue weighted by Crippen LogP contribution is 2.27. The molecule has 1 aromatic carbocycles. The summed E-state index contributed by atoms with van der Waals surface area (Å²) < 4.78 is 27.5. The van der Waals surface area contributed by atoms with Gasteiger partial charge in [0.05, 0.1) is 9.82 Å². The van der Waals surface area contributed by atoms with E-state index in [1.54, 1.807) is 11.2 Å². The first kappa shape index (κ1) is 20.8. The molecule has 7 nitrogen and oxygen atoms in total. The van der Waals surface area contributed by atoms with Gasteiger partial charge in [-0.15, -0.1) is 12.4 Å². The lowest BCUT2D eigenvalue weighted by Crippen LogP contribution is -2.46. The van der Waals surface area contributed by atoms with Crippen molar-refractivity contribution in [1.29, 1.82) is 0 Å². The lowest BCUT2D eigenvalue weighted by atomic mass is 10.1. The second kappa shape index (κ2) is 8.75. The maximum atomic E-state index is 13.0. The van der Waals surface area contributed by atoms with Crippen molar-refractivity contribution in [2.45, 2.75) is 44.0 Å². The molecule has 1 fully saturated rings. The van der Waals surface area contributed by atoms with Gasteiger partial charge in [0.25, 0.3) is 5.69 Å². The van der Waals surface area contributed by atoms with E-state index in [9.17, 15) is 18.5 Å². The third-order valence-electron chi connectivity index (χ3n) is 4.13. The average molecular weight is 378 g/mol. The third kappa shape index (κ3) is 4.44. The molecule has 0 saturated carbocycles. The third-order valence-corrected chi connectivity index (χ3v) is 6.08. The molecular weight excluding hydrogens is 354 g/mol. The number of nitrogens with zero attached hydrogens (tertiary/aromatic N) is 2. The zero-order valence-electron chi connectivity index (χ0n) is 13.9. The molecule has 0 unspecified atom stereocenters. The molecule has 1 aromatic rings. The zero-order valence-corrected chi connectivity index (χ0v) is 15.5. The lowest BCUT2D eigenvalue weighted by Gasteiger charge is -2.33. The summed E-state index contributed by atoms with van der Waals surface area (Å²) in [6, 6.07) is 3.99. The van der Waals surface area contributed by atoms with Gasteiger partial charge in [0, 0.05) is 24.2 Å². The summed E-state index contributed by atoms with van der Waals surface area (Å²) in [5.74, 6) is 0. The number of sulfonamides is 1. The smallest absolute Gasteiger partial charge is 0.272 e. The normalized spacial score (nSPS) is 16.0. The highest BCUT2D eigenvalue weighted by molar-refractivity contribution is 7.89. The van der Waals surface area contributed by atoms with E-state index in [4.69, 9.17) is 0 Å². The Kier molecular flexibility index (Phi) is 7.59. The van der Waals surface area contributed by atoms with Crippen molar-refractivity contribution < 1.29 is 13.3 Å². The second-order valence-corrected chi connectivity index (χ2v) is 7.69. The van der Waals surface area contributed by atoms with Crippen molar-refractivity contribution in [3.05, 3.63) is 33.9 Å². The minimum absolute atomic E-state index is 0. The van der Waals surface area contributed by atoms with Crippen LogP contribution in [0.5, 0.6) is 0 Å². The Hall–Kier alpha value is -1.22. The molecule has 9 heteroatoms. The highest BCUT2D eigenvalue weighted by atomic mass is 35.5. The van der Waals surface area contributed by atoms with Crippen molar-refractivity contribution in [2.75, 3.05) is 19.6 Å². The van der Waals surface area contributed by atoms with Gasteiger partial charge in [0.1, 0.15) is 0 Å². The quantitative estimate of drug-likeness (QED) is 0.607. The van der Waals surface area contributed by atoms with Crippen molar-refractivity contribution in [2.24, 2.45) is 0 Å². The topological polar surface area (TPSA) is 92.6 Å².